The van der Waals surface area contributed by atoms with Crippen LogP contribution in [0, 0.1) is 12.7 Å². The van der Waals surface area contributed by atoms with E-state index in [-0.39, 0.29) is 26.9 Å². The van der Waals surface area contributed by atoms with Crippen LogP contribution in [0.1, 0.15) is 16.2 Å². The van der Waals surface area contributed by atoms with E-state index in [0.717, 1.165) is 0 Å². The third-order valence-corrected chi connectivity index (χ3v) is 3.98. The number of hydrogen-bond acceptors (Lipinski definition) is 4. The molecular weight excluding hydrogens is 303 g/mol. The highest BCUT2D eigenvalue weighted by Crippen LogP contribution is 2.31. The van der Waals surface area contributed by atoms with E-state index in [4.69, 9.17) is 11.6 Å². The van der Waals surface area contributed by atoms with Crippen molar-refractivity contribution in [2.75, 3.05) is 6.26 Å². The maximum Gasteiger partial charge on any atom is 0.170 e. The van der Waals surface area contributed by atoms with E-state index in [1.165, 1.54) is 24.6 Å². The summed E-state index contributed by atoms with van der Waals surface area (Å²) in [5, 5.41) is -0.107. The Morgan fingerprint density at radius 2 is 2.10 bits per heavy atom. The molecular formula is C13H10ClFN2O2S. The molecule has 0 spiro atoms. The zero-order valence-electron chi connectivity index (χ0n) is 10.7. The van der Waals surface area contributed by atoms with E-state index >= 15 is 0 Å². The van der Waals surface area contributed by atoms with Gasteiger partial charge in [-0.1, -0.05) is 11.6 Å². The molecule has 104 valence electrons. The summed E-state index contributed by atoms with van der Waals surface area (Å²) >= 11 is 5.75. The molecule has 0 saturated carbocycles. The average Bonchev–Trinajstić information content (AvgIpc) is 2.42. The van der Waals surface area contributed by atoms with Gasteiger partial charge in [-0.15, -0.1) is 0 Å². The summed E-state index contributed by atoms with van der Waals surface area (Å²) in [5.41, 5.74) is 0.678. The minimum absolute atomic E-state index is 0.00827. The lowest BCUT2D eigenvalue weighted by molar-refractivity contribution is 0.111. The van der Waals surface area contributed by atoms with E-state index in [0.29, 0.717) is 12.0 Å². The van der Waals surface area contributed by atoms with E-state index in [2.05, 4.69) is 9.97 Å². The zero-order chi connectivity index (χ0) is 14.9. The van der Waals surface area contributed by atoms with Crippen LogP contribution in [-0.4, -0.2) is 26.7 Å². The Bertz CT molecular complexity index is 722. The third-order valence-electron chi connectivity index (χ3n) is 2.73. The molecule has 0 aliphatic carbocycles. The van der Waals surface area contributed by atoms with Gasteiger partial charge in [-0.3, -0.25) is 14.0 Å². The molecule has 0 fully saturated rings. The summed E-state index contributed by atoms with van der Waals surface area (Å²) < 4.78 is 25.9. The predicted octanol–water partition coefficient (Wildman–Crippen LogP) is 2.79. The number of halogens is 2. The highest BCUT2D eigenvalue weighted by Gasteiger charge is 2.19. The lowest BCUT2D eigenvalue weighted by atomic mass is 10.1. The highest BCUT2D eigenvalue weighted by atomic mass is 35.5. The van der Waals surface area contributed by atoms with Gasteiger partial charge in [-0.2, -0.15) is 0 Å². The first-order chi connectivity index (χ1) is 9.45. The number of carbonyl (C=O) groups is 1. The van der Waals surface area contributed by atoms with Gasteiger partial charge in [0.2, 0.25) is 0 Å². The van der Waals surface area contributed by atoms with Gasteiger partial charge in [0.1, 0.15) is 5.69 Å². The van der Waals surface area contributed by atoms with Gasteiger partial charge in [-0.25, -0.2) is 9.37 Å². The molecule has 20 heavy (non-hydrogen) atoms. The maximum absolute atomic E-state index is 14.2. The number of nitrogens with zero attached hydrogens (tertiary/aromatic N) is 2. The summed E-state index contributed by atoms with van der Waals surface area (Å²) in [4.78, 5) is 19.2. The molecule has 1 aromatic carbocycles. The summed E-state index contributed by atoms with van der Waals surface area (Å²) in [6.07, 6.45) is 3.29. The second-order valence-corrected chi connectivity index (χ2v) is 5.79. The third kappa shape index (κ3) is 2.62. The van der Waals surface area contributed by atoms with Crippen molar-refractivity contribution in [2.45, 2.75) is 11.8 Å². The number of aldehydes is 1. The van der Waals surface area contributed by atoms with Crippen LogP contribution in [0.15, 0.2) is 23.2 Å². The summed E-state index contributed by atoms with van der Waals surface area (Å²) in [6.45, 7) is 1.62. The molecule has 0 N–H and O–H groups in total. The van der Waals surface area contributed by atoms with E-state index < -0.39 is 16.6 Å². The molecule has 0 aliphatic rings. The van der Waals surface area contributed by atoms with Crippen molar-refractivity contribution in [1.82, 2.24) is 9.97 Å². The van der Waals surface area contributed by atoms with Crippen molar-refractivity contribution in [2.24, 2.45) is 0 Å². The van der Waals surface area contributed by atoms with Crippen molar-refractivity contribution in [3.05, 3.63) is 40.6 Å². The summed E-state index contributed by atoms with van der Waals surface area (Å²) in [7, 11) is -1.43. The van der Waals surface area contributed by atoms with Crippen molar-refractivity contribution in [3.8, 4) is 11.3 Å². The Morgan fingerprint density at radius 3 is 2.70 bits per heavy atom. The molecule has 2 aromatic rings. The maximum atomic E-state index is 14.2. The number of carbonyl (C=O) groups excluding carboxylic acids is 1. The van der Waals surface area contributed by atoms with E-state index in [1.54, 1.807) is 6.92 Å². The molecule has 1 unspecified atom stereocenters. The van der Waals surface area contributed by atoms with Gasteiger partial charge in [0, 0.05) is 6.26 Å². The second kappa shape index (κ2) is 5.76. The van der Waals surface area contributed by atoms with Gasteiger partial charge < -0.3 is 0 Å². The van der Waals surface area contributed by atoms with Crippen LogP contribution in [0.5, 0.6) is 0 Å². The first kappa shape index (κ1) is 14.7. The molecule has 0 saturated heterocycles. The number of aryl methyl sites for hydroxylation is 1. The van der Waals surface area contributed by atoms with Crippen LogP contribution in [0.2, 0.25) is 5.02 Å². The minimum Gasteiger partial charge on any atom is -0.296 e. The Hall–Kier alpha value is -1.66. The van der Waals surface area contributed by atoms with Gasteiger partial charge in [-0.05, 0) is 19.1 Å². The molecule has 4 nitrogen and oxygen atoms in total. The number of aromatic nitrogens is 2. The van der Waals surface area contributed by atoms with Crippen molar-refractivity contribution in [3.63, 3.8) is 0 Å². The van der Waals surface area contributed by atoms with E-state index in [1.807, 2.05) is 0 Å². The van der Waals surface area contributed by atoms with Crippen LogP contribution in [0.3, 0.4) is 0 Å². The Labute approximate surface area is 122 Å². The van der Waals surface area contributed by atoms with Crippen LogP contribution < -0.4 is 0 Å². The van der Waals surface area contributed by atoms with Gasteiger partial charge >= 0.3 is 0 Å². The Morgan fingerprint density at radius 1 is 1.40 bits per heavy atom. The number of hydrogen-bond donors (Lipinski definition) is 0. The quantitative estimate of drug-likeness (QED) is 0.818. The number of rotatable bonds is 3. The molecule has 0 amide bonds. The highest BCUT2D eigenvalue weighted by molar-refractivity contribution is 7.84. The predicted molar refractivity (Wildman–Crippen MR) is 74.9 cm³/mol. The molecule has 0 radical (unpaired) electrons. The minimum atomic E-state index is -1.43. The molecule has 1 heterocycles. The van der Waals surface area contributed by atoms with Crippen molar-refractivity contribution in [1.29, 1.82) is 0 Å². The lowest BCUT2D eigenvalue weighted by Crippen LogP contribution is -2.02. The first-order valence-corrected chi connectivity index (χ1v) is 7.50. The molecule has 0 aliphatic heterocycles. The largest absolute Gasteiger partial charge is 0.296 e. The fourth-order valence-corrected chi connectivity index (χ4v) is 2.61. The standard InChI is InChI=1S/C13H10ClFN2O2S/c1-7-10(6-18)17-9(5-16-7)12-11(20(2)19)4-3-8(14)13(12)15/h3-6H,1-2H3. The van der Waals surface area contributed by atoms with Gasteiger partial charge in [0.05, 0.1) is 43.9 Å². The van der Waals surface area contributed by atoms with Gasteiger partial charge in [0.25, 0.3) is 0 Å². The number of benzene rings is 1. The Balaban J connectivity index is 2.77. The lowest BCUT2D eigenvalue weighted by Gasteiger charge is -2.10. The van der Waals surface area contributed by atoms with Crippen LogP contribution in [0.4, 0.5) is 4.39 Å². The zero-order valence-corrected chi connectivity index (χ0v) is 12.3. The molecule has 1 aromatic heterocycles. The normalized spacial score (nSPS) is 12.2. The first-order valence-electron chi connectivity index (χ1n) is 5.56. The fraction of sp³-hybridized carbons (Fsp3) is 0.154. The van der Waals surface area contributed by atoms with Crippen molar-refractivity contribution >= 4 is 28.7 Å². The topological polar surface area (TPSA) is 59.9 Å². The average molecular weight is 313 g/mol. The summed E-state index contributed by atoms with van der Waals surface area (Å²) in [5.74, 6) is -0.727. The van der Waals surface area contributed by atoms with Crippen LogP contribution >= 0.6 is 11.6 Å². The monoisotopic (exact) mass is 312 g/mol. The van der Waals surface area contributed by atoms with E-state index in [9.17, 15) is 13.4 Å². The molecule has 1 atom stereocenters. The molecule has 0 bridgehead atoms. The second-order valence-electron chi connectivity index (χ2n) is 4.03. The SMILES string of the molecule is Cc1ncc(-c2c(S(C)=O)ccc(Cl)c2F)nc1C=O. The van der Waals surface area contributed by atoms with Crippen LogP contribution in [-0.2, 0) is 10.8 Å². The Kier molecular flexibility index (Phi) is 4.25. The van der Waals surface area contributed by atoms with Gasteiger partial charge in [0.15, 0.2) is 12.1 Å². The van der Waals surface area contributed by atoms with Crippen LogP contribution in [0.25, 0.3) is 11.3 Å². The fourth-order valence-electron chi connectivity index (χ4n) is 1.71. The smallest absolute Gasteiger partial charge is 0.170 e. The van der Waals surface area contributed by atoms with Crippen molar-refractivity contribution < 1.29 is 13.4 Å². The molecule has 2 rings (SSSR count). The summed E-state index contributed by atoms with van der Waals surface area (Å²) in [6, 6.07) is 2.80. The molecule has 7 heteroatoms.